The third kappa shape index (κ3) is 5.82. The van der Waals surface area contributed by atoms with Crippen LogP contribution in [-0.2, 0) is 15.7 Å². The maximum atomic E-state index is 12.9. The Labute approximate surface area is 169 Å². The van der Waals surface area contributed by atoms with E-state index in [1.807, 2.05) is 20.8 Å². The van der Waals surface area contributed by atoms with Gasteiger partial charge in [0.1, 0.15) is 0 Å². The van der Waals surface area contributed by atoms with Gasteiger partial charge in [0.05, 0.1) is 24.7 Å². The lowest BCUT2D eigenvalue weighted by molar-refractivity contribution is -0.142. The predicted molar refractivity (Wildman–Crippen MR) is 106 cm³/mol. The van der Waals surface area contributed by atoms with Crippen LogP contribution in [0.3, 0.4) is 0 Å². The average molecular weight is 408 g/mol. The molecule has 0 aliphatic rings. The van der Waals surface area contributed by atoms with Crippen molar-refractivity contribution in [2.24, 2.45) is 5.41 Å². The molecule has 0 fully saturated rings. The van der Waals surface area contributed by atoms with Crippen LogP contribution in [0.4, 0.5) is 13.2 Å². The molecule has 0 unspecified atom stereocenters. The van der Waals surface area contributed by atoms with Crippen LogP contribution in [0.25, 0.3) is 11.1 Å². The van der Waals surface area contributed by atoms with E-state index in [2.05, 4.69) is 0 Å². The van der Waals surface area contributed by atoms with Gasteiger partial charge < -0.3 is 9.84 Å². The number of benzene rings is 2. The highest BCUT2D eigenvalue weighted by molar-refractivity contribution is 5.79. The van der Waals surface area contributed by atoms with E-state index in [0.29, 0.717) is 28.7 Å². The number of hydrogen-bond acceptors (Lipinski definition) is 3. The van der Waals surface area contributed by atoms with Crippen LogP contribution in [0.2, 0.25) is 0 Å². The summed E-state index contributed by atoms with van der Waals surface area (Å²) in [6.07, 6.45) is -4.74. The minimum absolute atomic E-state index is 0.144. The fourth-order valence-electron chi connectivity index (χ4n) is 3.23. The second-order valence-corrected chi connectivity index (χ2v) is 8.45. The molecule has 0 saturated heterocycles. The van der Waals surface area contributed by atoms with Gasteiger partial charge in [-0.1, -0.05) is 45.0 Å². The van der Waals surface area contributed by atoms with Crippen LogP contribution in [0.15, 0.2) is 42.5 Å². The minimum atomic E-state index is -4.42. The lowest BCUT2D eigenvalue weighted by Crippen LogP contribution is -2.14. The first-order valence-electron chi connectivity index (χ1n) is 9.41. The Balaban J connectivity index is 2.56. The first-order valence-corrected chi connectivity index (χ1v) is 9.41. The molecule has 0 radical (unpaired) electrons. The molecular formula is C23H27F3O3. The van der Waals surface area contributed by atoms with Crippen LogP contribution < -0.4 is 0 Å². The van der Waals surface area contributed by atoms with Crippen molar-refractivity contribution in [1.29, 1.82) is 0 Å². The number of rotatable bonds is 5. The van der Waals surface area contributed by atoms with E-state index in [1.165, 1.54) is 19.2 Å². The molecule has 1 N–H and O–H groups in total. The quantitative estimate of drug-likeness (QED) is 0.607. The second kappa shape index (κ2) is 8.57. The molecule has 3 nitrogen and oxygen atoms in total. The van der Waals surface area contributed by atoms with E-state index in [0.717, 1.165) is 12.1 Å². The third-order valence-corrected chi connectivity index (χ3v) is 4.82. The average Bonchev–Trinajstić information content (AvgIpc) is 2.64. The molecule has 0 aliphatic heterocycles. The number of methoxy groups -OCH3 is 1. The van der Waals surface area contributed by atoms with Crippen LogP contribution >= 0.6 is 0 Å². The highest BCUT2D eigenvalue weighted by atomic mass is 19.4. The highest BCUT2D eigenvalue weighted by Crippen LogP contribution is 2.38. The minimum Gasteiger partial charge on any atom is -0.469 e. The maximum absolute atomic E-state index is 12.9. The van der Waals surface area contributed by atoms with Gasteiger partial charge in [0, 0.05) is 0 Å². The number of alkyl halides is 3. The third-order valence-electron chi connectivity index (χ3n) is 4.82. The zero-order valence-electron chi connectivity index (χ0n) is 17.3. The Bertz CT molecular complexity index is 849. The Morgan fingerprint density at radius 1 is 1.07 bits per heavy atom. The van der Waals surface area contributed by atoms with Gasteiger partial charge in [0.2, 0.25) is 0 Å². The van der Waals surface area contributed by atoms with Crippen molar-refractivity contribution in [2.45, 2.75) is 52.3 Å². The van der Waals surface area contributed by atoms with Gasteiger partial charge >= 0.3 is 12.1 Å². The maximum Gasteiger partial charge on any atom is 0.416 e. The van der Waals surface area contributed by atoms with Crippen molar-refractivity contribution in [3.05, 3.63) is 59.2 Å². The van der Waals surface area contributed by atoms with E-state index < -0.39 is 29.7 Å². The molecule has 2 aromatic rings. The predicted octanol–water partition coefficient (Wildman–Crippen LogP) is 6.12. The first kappa shape index (κ1) is 22.9. The van der Waals surface area contributed by atoms with Gasteiger partial charge in [0.25, 0.3) is 0 Å². The molecule has 0 bridgehead atoms. The SMILES string of the molecule is COC(=O)[C@@H](C)c1ccc([C@@H](O)CC(C)(C)C)c(-c2ccc(C(F)(F)F)cc2)c1. The van der Waals surface area contributed by atoms with Crippen molar-refractivity contribution >= 4 is 5.97 Å². The number of halogens is 3. The summed E-state index contributed by atoms with van der Waals surface area (Å²) in [4.78, 5) is 11.9. The van der Waals surface area contributed by atoms with Gasteiger partial charge in [-0.25, -0.2) is 0 Å². The molecule has 2 rings (SSSR count). The van der Waals surface area contributed by atoms with Crippen molar-refractivity contribution < 1.29 is 27.8 Å². The van der Waals surface area contributed by atoms with Gasteiger partial charge in [-0.05, 0) is 59.2 Å². The molecule has 6 heteroatoms. The second-order valence-electron chi connectivity index (χ2n) is 8.45. The summed E-state index contributed by atoms with van der Waals surface area (Å²) < 4.78 is 43.6. The number of ether oxygens (including phenoxy) is 1. The fraction of sp³-hybridized carbons (Fsp3) is 0.435. The van der Waals surface area contributed by atoms with Gasteiger partial charge in [0.15, 0.2) is 0 Å². The topological polar surface area (TPSA) is 46.5 Å². The van der Waals surface area contributed by atoms with Crippen molar-refractivity contribution in [3.8, 4) is 11.1 Å². The van der Waals surface area contributed by atoms with Crippen molar-refractivity contribution in [1.82, 2.24) is 0 Å². The molecule has 0 amide bonds. The van der Waals surface area contributed by atoms with Gasteiger partial charge in [-0.15, -0.1) is 0 Å². The molecule has 2 atom stereocenters. The van der Waals surface area contributed by atoms with Gasteiger partial charge in [-0.2, -0.15) is 13.2 Å². The Morgan fingerprint density at radius 3 is 2.14 bits per heavy atom. The molecule has 29 heavy (non-hydrogen) atoms. The molecular weight excluding hydrogens is 381 g/mol. The number of aliphatic hydroxyl groups is 1. The molecule has 2 aromatic carbocycles. The number of carbonyl (C=O) groups is 1. The van der Waals surface area contributed by atoms with E-state index in [1.54, 1.807) is 25.1 Å². The van der Waals surface area contributed by atoms with E-state index in [4.69, 9.17) is 4.74 Å². The van der Waals surface area contributed by atoms with Crippen LogP contribution in [0.1, 0.15) is 62.8 Å². The Morgan fingerprint density at radius 2 is 1.66 bits per heavy atom. The smallest absolute Gasteiger partial charge is 0.416 e. The van der Waals surface area contributed by atoms with Crippen LogP contribution in [-0.4, -0.2) is 18.2 Å². The summed E-state index contributed by atoms with van der Waals surface area (Å²) in [6.45, 7) is 7.70. The zero-order valence-corrected chi connectivity index (χ0v) is 17.3. The van der Waals surface area contributed by atoms with E-state index in [-0.39, 0.29) is 5.41 Å². The van der Waals surface area contributed by atoms with Crippen molar-refractivity contribution in [2.75, 3.05) is 7.11 Å². The van der Waals surface area contributed by atoms with Gasteiger partial charge in [-0.3, -0.25) is 4.79 Å². The molecule has 0 aromatic heterocycles. The van der Waals surface area contributed by atoms with E-state index in [9.17, 15) is 23.1 Å². The molecule has 0 spiro atoms. The standard InChI is InChI=1S/C23H27F3O3/c1-14(21(28)29-5)16-8-11-18(20(27)13-22(2,3)4)19(12-16)15-6-9-17(10-7-15)23(24,25)26/h6-12,14,20,27H,13H2,1-5H3/t14-,20-/m0/s1. The summed E-state index contributed by atoms with van der Waals surface area (Å²) in [5.41, 5.74) is 1.54. The lowest BCUT2D eigenvalue weighted by atomic mass is 9.83. The Kier molecular flexibility index (Phi) is 6.78. The largest absolute Gasteiger partial charge is 0.469 e. The number of aliphatic hydroxyl groups excluding tert-OH is 1. The van der Waals surface area contributed by atoms with E-state index >= 15 is 0 Å². The Hall–Kier alpha value is -2.34. The normalized spacial score (nSPS) is 14.4. The summed E-state index contributed by atoms with van der Waals surface area (Å²) in [5, 5.41) is 10.8. The molecule has 0 saturated carbocycles. The molecule has 0 heterocycles. The lowest BCUT2D eigenvalue weighted by Gasteiger charge is -2.25. The summed E-state index contributed by atoms with van der Waals surface area (Å²) in [7, 11) is 1.30. The molecule has 0 aliphatic carbocycles. The summed E-state index contributed by atoms with van der Waals surface area (Å²) in [6, 6.07) is 10.0. The zero-order chi connectivity index (χ0) is 22.0. The summed E-state index contributed by atoms with van der Waals surface area (Å²) >= 11 is 0. The number of hydrogen-bond donors (Lipinski definition) is 1. The van der Waals surface area contributed by atoms with Crippen LogP contribution in [0.5, 0.6) is 0 Å². The monoisotopic (exact) mass is 408 g/mol. The highest BCUT2D eigenvalue weighted by Gasteiger charge is 2.30. The first-order chi connectivity index (χ1) is 13.3. The van der Waals surface area contributed by atoms with Crippen molar-refractivity contribution in [3.63, 3.8) is 0 Å². The fourth-order valence-corrected chi connectivity index (χ4v) is 3.23. The number of carbonyl (C=O) groups excluding carboxylic acids is 1. The molecule has 158 valence electrons. The van der Waals surface area contributed by atoms with Crippen LogP contribution in [0, 0.1) is 5.41 Å². The number of esters is 1. The summed E-state index contributed by atoms with van der Waals surface area (Å²) in [5.74, 6) is -0.951.